The van der Waals surface area contributed by atoms with Gasteiger partial charge >= 0.3 is 0 Å². The van der Waals surface area contributed by atoms with E-state index in [1.165, 1.54) is 40.9 Å². The first kappa shape index (κ1) is 29.0. The van der Waals surface area contributed by atoms with Gasteiger partial charge in [0, 0.05) is 25.8 Å². The highest BCUT2D eigenvalue weighted by molar-refractivity contribution is 5.59. The van der Waals surface area contributed by atoms with Crippen LogP contribution in [-0.4, -0.2) is 20.1 Å². The van der Waals surface area contributed by atoms with E-state index in [0.717, 1.165) is 19.5 Å². The molecule has 2 aliphatic rings. The zero-order valence-corrected chi connectivity index (χ0v) is 22.0. The number of nitrogens with one attached hydrogen (secondary N) is 1. The van der Waals surface area contributed by atoms with Crippen LogP contribution in [0.3, 0.4) is 0 Å². The van der Waals surface area contributed by atoms with E-state index >= 15 is 0 Å². The third kappa shape index (κ3) is 7.57. The van der Waals surface area contributed by atoms with E-state index in [4.69, 9.17) is 0 Å². The van der Waals surface area contributed by atoms with E-state index < -0.39 is 0 Å². The van der Waals surface area contributed by atoms with E-state index in [1.807, 2.05) is 55.4 Å². The van der Waals surface area contributed by atoms with Crippen molar-refractivity contribution in [1.29, 1.82) is 0 Å². The summed E-state index contributed by atoms with van der Waals surface area (Å²) in [6.45, 7) is 20.4. The van der Waals surface area contributed by atoms with Crippen LogP contribution in [0.5, 0.6) is 0 Å². The fraction of sp³-hybridized carbons (Fsp3) is 0.571. The van der Waals surface area contributed by atoms with Crippen LogP contribution < -0.4 is 15.3 Å². The zero-order chi connectivity index (χ0) is 23.8. The summed E-state index contributed by atoms with van der Waals surface area (Å²) >= 11 is 0. The number of rotatable bonds is 2. The molecule has 3 nitrogen and oxygen atoms in total. The maximum absolute atomic E-state index is 3.82. The molecule has 0 fully saturated rings. The highest BCUT2D eigenvalue weighted by Crippen LogP contribution is 2.35. The van der Waals surface area contributed by atoms with Gasteiger partial charge < -0.3 is 9.91 Å². The molecule has 0 radical (unpaired) electrons. The Morgan fingerprint density at radius 3 is 2.06 bits per heavy atom. The van der Waals surface area contributed by atoms with E-state index in [2.05, 4.69) is 71.8 Å². The van der Waals surface area contributed by atoms with Crippen molar-refractivity contribution < 1.29 is 0 Å². The topological polar surface area (TPSA) is 18.5 Å². The van der Waals surface area contributed by atoms with E-state index in [9.17, 15) is 0 Å². The van der Waals surface area contributed by atoms with Crippen LogP contribution in [0.25, 0.3) is 0 Å². The number of aryl methyl sites for hydroxylation is 1. The molecule has 176 valence electrons. The first-order valence-corrected chi connectivity index (χ1v) is 12.7. The summed E-state index contributed by atoms with van der Waals surface area (Å²) in [6.07, 6.45) is 3.56. The third-order valence-electron chi connectivity index (χ3n) is 5.27. The van der Waals surface area contributed by atoms with Gasteiger partial charge in [0.15, 0.2) is 0 Å². The van der Waals surface area contributed by atoms with Crippen LogP contribution in [0.4, 0.5) is 11.4 Å². The van der Waals surface area contributed by atoms with Crippen LogP contribution >= 0.6 is 0 Å². The monoisotopic (exact) mass is 427 g/mol. The van der Waals surface area contributed by atoms with Crippen molar-refractivity contribution in [2.45, 2.75) is 87.6 Å². The maximum Gasteiger partial charge on any atom is 0.0554 e. The summed E-state index contributed by atoms with van der Waals surface area (Å²) in [5.74, 6) is 0. The van der Waals surface area contributed by atoms with Crippen molar-refractivity contribution in [2.75, 3.05) is 30.0 Å². The second-order valence-electron chi connectivity index (χ2n) is 6.78. The molecule has 1 atom stereocenters. The minimum atomic E-state index is 0.397. The molecule has 4 rings (SSSR count). The molecule has 0 saturated heterocycles. The largest absolute Gasteiger partial charge is 0.374 e. The lowest BCUT2D eigenvalue weighted by molar-refractivity contribution is 0.451. The molecule has 0 spiro atoms. The van der Waals surface area contributed by atoms with Gasteiger partial charge in [-0.1, -0.05) is 85.7 Å². The van der Waals surface area contributed by atoms with Gasteiger partial charge in [0.25, 0.3) is 0 Å². The highest BCUT2D eigenvalue weighted by Gasteiger charge is 2.26. The van der Waals surface area contributed by atoms with Crippen LogP contribution in [0, 0.1) is 6.92 Å². The molecular formula is C28H49N3. The van der Waals surface area contributed by atoms with E-state index in [-0.39, 0.29) is 0 Å². The molecule has 2 aromatic carbocycles. The van der Waals surface area contributed by atoms with Crippen molar-refractivity contribution in [2.24, 2.45) is 0 Å². The van der Waals surface area contributed by atoms with E-state index in [1.54, 1.807) is 0 Å². The van der Waals surface area contributed by atoms with Crippen LogP contribution in [-0.2, 0) is 6.42 Å². The fourth-order valence-corrected chi connectivity index (χ4v) is 3.98. The van der Waals surface area contributed by atoms with Gasteiger partial charge in [0.05, 0.1) is 11.7 Å². The van der Waals surface area contributed by atoms with Crippen molar-refractivity contribution >= 4 is 11.4 Å². The number of hydrogen-bond donors (Lipinski definition) is 1. The summed E-state index contributed by atoms with van der Waals surface area (Å²) < 4.78 is 0. The Balaban J connectivity index is 0.00000102. The third-order valence-corrected chi connectivity index (χ3v) is 5.27. The number of hydrazine groups is 1. The average molecular weight is 428 g/mol. The Morgan fingerprint density at radius 2 is 1.39 bits per heavy atom. The van der Waals surface area contributed by atoms with Gasteiger partial charge in [0.1, 0.15) is 0 Å². The summed E-state index contributed by atoms with van der Waals surface area (Å²) in [4.78, 5) is 2.36. The highest BCUT2D eigenvalue weighted by atomic mass is 15.5. The summed E-state index contributed by atoms with van der Waals surface area (Å²) in [7, 11) is 2.19. The number of nitrogens with zero attached hydrogens (tertiary/aromatic N) is 2. The van der Waals surface area contributed by atoms with Crippen molar-refractivity contribution in [3.8, 4) is 0 Å². The second-order valence-corrected chi connectivity index (χ2v) is 6.78. The molecular weight excluding hydrogens is 378 g/mol. The Labute approximate surface area is 193 Å². The lowest BCUT2D eigenvalue weighted by Gasteiger charge is -2.39. The average Bonchev–Trinajstić information content (AvgIpc) is 2.87. The molecule has 0 bridgehead atoms. The lowest BCUT2D eigenvalue weighted by atomic mass is 9.96. The molecule has 2 heterocycles. The van der Waals surface area contributed by atoms with Crippen molar-refractivity contribution in [3.05, 3.63) is 59.2 Å². The predicted molar refractivity (Wildman–Crippen MR) is 142 cm³/mol. The fourth-order valence-electron chi connectivity index (χ4n) is 3.98. The number of fused-ring (bicyclic) bond motifs is 2. The molecule has 3 heteroatoms. The second kappa shape index (κ2) is 16.7. The number of benzene rings is 2. The standard InChI is InChI=1S/C20H25N3.4C2H6/c1-15-7-5-11-20-16(15)9-6-13-23(20)21-18-12-14-22(2)19-10-4-3-8-17(18)19;4*1-2/h3-5,7-8,10-11,18,21H,6,9,12-14H2,1-2H3;4*1-2H3. The van der Waals surface area contributed by atoms with E-state index in [0.29, 0.717) is 6.04 Å². The molecule has 0 saturated carbocycles. The van der Waals surface area contributed by atoms with Crippen molar-refractivity contribution in [1.82, 2.24) is 5.43 Å². The van der Waals surface area contributed by atoms with Crippen molar-refractivity contribution in [3.63, 3.8) is 0 Å². The van der Waals surface area contributed by atoms with Gasteiger partial charge in [-0.05, 0) is 55.0 Å². The van der Waals surface area contributed by atoms with Gasteiger partial charge in [0.2, 0.25) is 0 Å². The van der Waals surface area contributed by atoms with Gasteiger partial charge in [-0.15, -0.1) is 0 Å². The summed E-state index contributed by atoms with van der Waals surface area (Å²) in [5.41, 5.74) is 10.9. The minimum Gasteiger partial charge on any atom is -0.374 e. The lowest BCUT2D eigenvalue weighted by Crippen LogP contribution is -2.46. The Bertz CT molecular complexity index is 711. The molecule has 1 unspecified atom stereocenters. The summed E-state index contributed by atoms with van der Waals surface area (Å²) in [6, 6.07) is 15.9. The maximum atomic E-state index is 3.82. The van der Waals surface area contributed by atoms with Crippen LogP contribution in [0.2, 0.25) is 0 Å². The molecule has 2 aliphatic heterocycles. The minimum absolute atomic E-state index is 0.397. The molecule has 1 N–H and O–H groups in total. The first-order chi connectivity index (χ1) is 15.2. The van der Waals surface area contributed by atoms with Gasteiger partial charge in [-0.3, -0.25) is 0 Å². The zero-order valence-electron chi connectivity index (χ0n) is 22.0. The first-order valence-electron chi connectivity index (χ1n) is 12.7. The smallest absolute Gasteiger partial charge is 0.0554 e. The Kier molecular flexibility index (Phi) is 15.6. The molecule has 2 aromatic rings. The predicted octanol–water partition coefficient (Wildman–Crippen LogP) is 7.94. The van der Waals surface area contributed by atoms with Gasteiger partial charge in [-0.25, -0.2) is 5.43 Å². The molecule has 0 aliphatic carbocycles. The number of anilines is 2. The summed E-state index contributed by atoms with van der Waals surface area (Å²) in [5, 5.41) is 2.39. The number of hydrogen-bond acceptors (Lipinski definition) is 3. The number of para-hydroxylation sites is 1. The Morgan fingerprint density at radius 1 is 0.774 bits per heavy atom. The van der Waals surface area contributed by atoms with Crippen LogP contribution in [0.1, 0.15) is 91.0 Å². The normalized spacial score (nSPS) is 15.7. The molecule has 0 amide bonds. The molecule has 0 aromatic heterocycles. The SMILES string of the molecule is CC.CC.CC.CC.Cc1cccc2c1CCCN2NC1CCN(C)c2ccccc21. The Hall–Kier alpha value is -2.00. The van der Waals surface area contributed by atoms with Crippen LogP contribution in [0.15, 0.2) is 42.5 Å². The molecule has 31 heavy (non-hydrogen) atoms. The quantitative estimate of drug-likeness (QED) is 0.525. The van der Waals surface area contributed by atoms with Gasteiger partial charge in [-0.2, -0.15) is 0 Å².